The van der Waals surface area contributed by atoms with Gasteiger partial charge in [-0.15, -0.1) is 0 Å². The maximum absolute atomic E-state index is 13.7. The number of likely N-dealkylation sites (N-methyl/N-ethyl adjacent to an activating group) is 1. The van der Waals surface area contributed by atoms with Crippen LogP contribution in [-0.4, -0.2) is 68.1 Å². The van der Waals surface area contributed by atoms with E-state index in [1.54, 1.807) is 6.07 Å². The predicted molar refractivity (Wildman–Crippen MR) is 114 cm³/mol. The van der Waals surface area contributed by atoms with E-state index < -0.39 is 0 Å². The zero-order chi connectivity index (χ0) is 20.2. The average Bonchev–Trinajstić information content (AvgIpc) is 2.79. The Kier molecular flexibility index (Phi) is 6.11. The minimum absolute atomic E-state index is 0.00288. The van der Waals surface area contributed by atoms with E-state index in [-0.39, 0.29) is 17.8 Å². The molecule has 0 bridgehead atoms. The minimum atomic E-state index is -0.270. The Morgan fingerprint density at radius 3 is 2.52 bits per heavy atom. The van der Waals surface area contributed by atoms with Crippen molar-refractivity contribution < 1.29 is 9.18 Å². The van der Waals surface area contributed by atoms with Gasteiger partial charge in [0.05, 0.1) is 6.04 Å². The molecule has 0 aromatic heterocycles. The van der Waals surface area contributed by atoms with E-state index in [0.29, 0.717) is 18.7 Å². The number of nitrogens with one attached hydrogen (secondary N) is 1. The third-order valence-electron chi connectivity index (χ3n) is 6.04. The lowest BCUT2D eigenvalue weighted by Crippen LogP contribution is -2.48. The van der Waals surface area contributed by atoms with Crippen molar-refractivity contribution >= 4 is 11.6 Å². The summed E-state index contributed by atoms with van der Waals surface area (Å²) in [7, 11) is 0. The number of carbonyl (C=O) groups excluding carboxylic acids is 1. The van der Waals surface area contributed by atoms with Gasteiger partial charge in [0.25, 0.3) is 5.91 Å². The molecular formula is C23H29FN4O. The van der Waals surface area contributed by atoms with E-state index in [0.717, 1.165) is 44.8 Å². The van der Waals surface area contributed by atoms with E-state index >= 15 is 0 Å². The van der Waals surface area contributed by atoms with E-state index in [1.807, 2.05) is 35.2 Å². The summed E-state index contributed by atoms with van der Waals surface area (Å²) in [5.74, 6) is -0.267. The van der Waals surface area contributed by atoms with Crippen molar-refractivity contribution in [3.05, 3.63) is 65.5 Å². The van der Waals surface area contributed by atoms with Crippen molar-refractivity contribution in [2.45, 2.75) is 13.0 Å². The van der Waals surface area contributed by atoms with Crippen molar-refractivity contribution in [1.29, 1.82) is 0 Å². The number of hydrogen-bond donors (Lipinski definition) is 1. The molecule has 5 nitrogen and oxygen atoms in total. The summed E-state index contributed by atoms with van der Waals surface area (Å²) in [6, 6.07) is 14.3. The monoisotopic (exact) mass is 396 g/mol. The number of anilines is 1. The summed E-state index contributed by atoms with van der Waals surface area (Å²) in [5.41, 5.74) is 2.68. The number of piperazine rings is 2. The molecule has 29 heavy (non-hydrogen) atoms. The molecule has 2 aliphatic heterocycles. The lowest BCUT2D eigenvalue weighted by molar-refractivity contribution is 0.0634. The van der Waals surface area contributed by atoms with Crippen LogP contribution >= 0.6 is 0 Å². The topological polar surface area (TPSA) is 38.8 Å². The van der Waals surface area contributed by atoms with Gasteiger partial charge < -0.3 is 20.0 Å². The molecule has 0 aliphatic carbocycles. The van der Waals surface area contributed by atoms with Crippen LogP contribution in [0.15, 0.2) is 48.5 Å². The highest BCUT2D eigenvalue weighted by atomic mass is 19.1. The zero-order valence-corrected chi connectivity index (χ0v) is 17.0. The standard InChI is InChI=1S/C23H29FN4O/c1-2-26-12-14-27(15-13-26)21-8-6-18(7-9-21)23(29)28-11-10-25-17-22(28)19-4-3-5-20(24)16-19/h3-9,16,22,25H,2,10-15,17H2,1H3. The molecule has 2 aromatic rings. The Labute approximate surface area is 172 Å². The highest BCUT2D eigenvalue weighted by Crippen LogP contribution is 2.26. The first-order valence-corrected chi connectivity index (χ1v) is 10.5. The number of rotatable bonds is 4. The predicted octanol–water partition coefficient (Wildman–Crippen LogP) is 2.75. The van der Waals surface area contributed by atoms with Crippen LogP contribution in [0.4, 0.5) is 10.1 Å². The van der Waals surface area contributed by atoms with Crippen LogP contribution in [0.5, 0.6) is 0 Å². The van der Waals surface area contributed by atoms with Crippen LogP contribution in [0.25, 0.3) is 0 Å². The molecule has 2 saturated heterocycles. The Hall–Kier alpha value is -2.44. The summed E-state index contributed by atoms with van der Waals surface area (Å²) in [4.78, 5) is 19.9. The Balaban J connectivity index is 1.48. The van der Waals surface area contributed by atoms with Crippen molar-refractivity contribution in [3.8, 4) is 0 Å². The van der Waals surface area contributed by atoms with Gasteiger partial charge in [-0.05, 0) is 48.5 Å². The van der Waals surface area contributed by atoms with Gasteiger partial charge in [0.1, 0.15) is 5.82 Å². The largest absolute Gasteiger partial charge is 0.369 e. The first-order chi connectivity index (χ1) is 14.2. The quantitative estimate of drug-likeness (QED) is 0.863. The van der Waals surface area contributed by atoms with Crippen molar-refractivity contribution in [2.75, 3.05) is 57.3 Å². The van der Waals surface area contributed by atoms with Crippen LogP contribution in [0.3, 0.4) is 0 Å². The fraction of sp³-hybridized carbons (Fsp3) is 0.435. The number of halogens is 1. The first-order valence-electron chi connectivity index (χ1n) is 10.5. The molecule has 0 radical (unpaired) electrons. The van der Waals surface area contributed by atoms with Gasteiger partial charge in [-0.2, -0.15) is 0 Å². The van der Waals surface area contributed by atoms with Crippen LogP contribution < -0.4 is 10.2 Å². The second kappa shape index (κ2) is 8.93. The van der Waals surface area contributed by atoms with Gasteiger partial charge in [0, 0.05) is 57.1 Å². The summed E-state index contributed by atoms with van der Waals surface area (Å²) in [6.45, 7) is 9.47. The van der Waals surface area contributed by atoms with Crippen LogP contribution in [-0.2, 0) is 0 Å². The molecular weight excluding hydrogens is 367 g/mol. The summed E-state index contributed by atoms with van der Waals surface area (Å²) in [5, 5.41) is 3.32. The van der Waals surface area contributed by atoms with Crippen molar-refractivity contribution in [3.63, 3.8) is 0 Å². The SMILES string of the molecule is CCN1CCN(c2ccc(C(=O)N3CCNCC3c3cccc(F)c3)cc2)CC1. The van der Waals surface area contributed by atoms with E-state index in [1.165, 1.54) is 17.8 Å². The molecule has 154 valence electrons. The fourth-order valence-electron chi connectivity index (χ4n) is 4.26. The molecule has 1 N–H and O–H groups in total. The highest BCUT2D eigenvalue weighted by molar-refractivity contribution is 5.95. The molecule has 6 heteroatoms. The average molecular weight is 397 g/mol. The normalized spacial score (nSPS) is 20.7. The molecule has 1 amide bonds. The number of benzene rings is 2. The molecule has 4 rings (SSSR count). The second-order valence-corrected chi connectivity index (χ2v) is 7.74. The van der Waals surface area contributed by atoms with Crippen LogP contribution in [0.2, 0.25) is 0 Å². The molecule has 0 saturated carbocycles. The van der Waals surface area contributed by atoms with Gasteiger partial charge in [0.15, 0.2) is 0 Å². The molecule has 0 spiro atoms. The van der Waals surface area contributed by atoms with Gasteiger partial charge in [0.2, 0.25) is 0 Å². The molecule has 1 unspecified atom stereocenters. The molecule has 2 aliphatic rings. The smallest absolute Gasteiger partial charge is 0.254 e. The highest BCUT2D eigenvalue weighted by Gasteiger charge is 2.29. The summed E-state index contributed by atoms with van der Waals surface area (Å²) < 4.78 is 13.7. The van der Waals surface area contributed by atoms with Crippen LogP contribution in [0, 0.1) is 5.82 Å². The number of hydrogen-bond acceptors (Lipinski definition) is 4. The molecule has 1 atom stereocenters. The van der Waals surface area contributed by atoms with Gasteiger partial charge >= 0.3 is 0 Å². The molecule has 2 heterocycles. The Bertz CT molecular complexity index is 833. The fourth-order valence-corrected chi connectivity index (χ4v) is 4.26. The first kappa shape index (κ1) is 19.9. The maximum Gasteiger partial charge on any atom is 0.254 e. The van der Waals surface area contributed by atoms with Crippen molar-refractivity contribution in [1.82, 2.24) is 15.1 Å². The Morgan fingerprint density at radius 2 is 1.83 bits per heavy atom. The second-order valence-electron chi connectivity index (χ2n) is 7.74. The van der Waals surface area contributed by atoms with Gasteiger partial charge in [-0.1, -0.05) is 19.1 Å². The maximum atomic E-state index is 13.7. The zero-order valence-electron chi connectivity index (χ0n) is 17.0. The van der Waals surface area contributed by atoms with E-state index in [9.17, 15) is 9.18 Å². The Morgan fingerprint density at radius 1 is 1.07 bits per heavy atom. The van der Waals surface area contributed by atoms with Gasteiger partial charge in [-0.25, -0.2) is 4.39 Å². The van der Waals surface area contributed by atoms with Crippen LogP contribution in [0.1, 0.15) is 28.9 Å². The lowest BCUT2D eigenvalue weighted by atomic mass is 10.0. The summed E-state index contributed by atoms with van der Waals surface area (Å²) >= 11 is 0. The third-order valence-corrected chi connectivity index (χ3v) is 6.04. The summed E-state index contributed by atoms with van der Waals surface area (Å²) in [6.07, 6.45) is 0. The number of carbonyl (C=O) groups is 1. The lowest BCUT2D eigenvalue weighted by Gasteiger charge is -2.37. The molecule has 2 fully saturated rings. The van der Waals surface area contributed by atoms with Crippen molar-refractivity contribution in [2.24, 2.45) is 0 Å². The van der Waals surface area contributed by atoms with Gasteiger partial charge in [-0.3, -0.25) is 4.79 Å². The molecule has 2 aromatic carbocycles. The number of amides is 1. The van der Waals surface area contributed by atoms with E-state index in [2.05, 4.69) is 22.0 Å². The minimum Gasteiger partial charge on any atom is -0.369 e. The van der Waals surface area contributed by atoms with E-state index in [4.69, 9.17) is 0 Å². The third kappa shape index (κ3) is 4.43. The number of nitrogens with zero attached hydrogens (tertiary/aromatic N) is 3.